The molecule has 0 aromatic heterocycles. The highest BCUT2D eigenvalue weighted by Crippen LogP contribution is 2.27. The Morgan fingerprint density at radius 1 is 1.38 bits per heavy atom. The van der Waals surface area contributed by atoms with Crippen molar-refractivity contribution in [2.24, 2.45) is 0 Å². The Kier molecular flexibility index (Phi) is 5.20. The largest absolute Gasteiger partial charge is 0.444 e. The molecule has 13 heavy (non-hydrogen) atoms. The number of hydrogen-bond acceptors (Lipinski definition) is 4. The van der Waals surface area contributed by atoms with E-state index >= 15 is 0 Å². The van der Waals surface area contributed by atoms with Crippen molar-refractivity contribution in [3.8, 4) is 0 Å². The second-order valence-electron chi connectivity index (χ2n) is 1.76. The summed E-state index contributed by atoms with van der Waals surface area (Å²) in [5.74, 6) is -0.638. The van der Waals surface area contributed by atoms with Crippen LogP contribution in [0.3, 0.4) is 0 Å². The molecular formula is C5H6Cl3NO4. The lowest BCUT2D eigenvalue weighted by Crippen LogP contribution is -2.30. The summed E-state index contributed by atoms with van der Waals surface area (Å²) in [6, 6.07) is 0. The minimum absolute atomic E-state index is 0.105. The first-order chi connectivity index (χ1) is 5.85. The van der Waals surface area contributed by atoms with E-state index < -0.39 is 16.0 Å². The average Bonchev–Trinajstić information content (AvgIpc) is 1.97. The van der Waals surface area contributed by atoms with Gasteiger partial charge in [0.05, 0.1) is 0 Å². The topological polar surface area (TPSA) is 64.6 Å². The molecule has 0 rings (SSSR count). The van der Waals surface area contributed by atoms with Gasteiger partial charge in [-0.05, 0) is 34.8 Å². The van der Waals surface area contributed by atoms with Crippen molar-refractivity contribution in [1.82, 2.24) is 5.48 Å². The van der Waals surface area contributed by atoms with Crippen molar-refractivity contribution < 1.29 is 19.2 Å². The quantitative estimate of drug-likeness (QED) is 0.570. The highest BCUT2D eigenvalue weighted by Gasteiger charge is 2.25. The zero-order valence-electron chi connectivity index (χ0n) is 6.47. The molecule has 0 atom stereocenters. The lowest BCUT2D eigenvalue weighted by atomic mass is 10.5. The Morgan fingerprint density at radius 3 is 2.31 bits per heavy atom. The minimum atomic E-state index is -2.18. The molecule has 0 bridgehead atoms. The number of carbonyl (C=O) groups is 2. The standard InChI is InChI=1S/C5H6Cl3NO4/c1-2-3(10)13-9-4(11)12-5(6,7)8/h2H2,1H3,(H,9,11). The van der Waals surface area contributed by atoms with Crippen LogP contribution in [0.2, 0.25) is 0 Å². The Bertz CT molecular complexity index is 202. The van der Waals surface area contributed by atoms with E-state index in [1.165, 1.54) is 0 Å². The Labute approximate surface area is 89.2 Å². The summed E-state index contributed by atoms with van der Waals surface area (Å²) in [6.07, 6.45) is -1.06. The molecule has 0 aliphatic rings. The molecule has 1 N–H and O–H groups in total. The number of ether oxygens (including phenoxy) is 1. The van der Waals surface area contributed by atoms with Crippen molar-refractivity contribution in [1.29, 1.82) is 0 Å². The first-order valence-corrected chi connectivity index (χ1v) is 4.24. The van der Waals surface area contributed by atoms with Crippen LogP contribution in [-0.4, -0.2) is 16.0 Å². The monoisotopic (exact) mass is 249 g/mol. The van der Waals surface area contributed by atoms with Crippen molar-refractivity contribution in [2.75, 3.05) is 0 Å². The predicted octanol–water partition coefficient (Wildman–Crippen LogP) is 1.91. The Morgan fingerprint density at radius 2 is 1.92 bits per heavy atom. The van der Waals surface area contributed by atoms with Gasteiger partial charge in [-0.15, -0.1) is 5.48 Å². The van der Waals surface area contributed by atoms with Crippen molar-refractivity contribution in [2.45, 2.75) is 17.3 Å². The minimum Gasteiger partial charge on any atom is -0.396 e. The summed E-state index contributed by atoms with van der Waals surface area (Å²) in [6.45, 7) is 1.55. The van der Waals surface area contributed by atoms with Gasteiger partial charge < -0.3 is 9.57 Å². The van der Waals surface area contributed by atoms with Gasteiger partial charge in [0.25, 0.3) is 0 Å². The molecule has 8 heteroatoms. The SMILES string of the molecule is CCC(=O)ONC(=O)OC(Cl)(Cl)Cl. The van der Waals surface area contributed by atoms with E-state index in [0.29, 0.717) is 0 Å². The van der Waals surface area contributed by atoms with Crippen LogP contribution >= 0.6 is 34.8 Å². The molecule has 0 aromatic rings. The molecular weight excluding hydrogens is 244 g/mol. The first-order valence-electron chi connectivity index (χ1n) is 3.10. The van der Waals surface area contributed by atoms with Gasteiger partial charge in [-0.3, -0.25) is 0 Å². The fourth-order valence-corrected chi connectivity index (χ4v) is 0.507. The second-order valence-corrected chi connectivity index (χ2v) is 3.94. The van der Waals surface area contributed by atoms with E-state index in [4.69, 9.17) is 34.8 Å². The van der Waals surface area contributed by atoms with E-state index in [0.717, 1.165) is 0 Å². The molecule has 0 radical (unpaired) electrons. The number of amides is 1. The van der Waals surface area contributed by atoms with Gasteiger partial charge in [-0.25, -0.2) is 9.59 Å². The summed E-state index contributed by atoms with van der Waals surface area (Å²) in [5.41, 5.74) is 1.63. The van der Waals surface area contributed by atoms with Gasteiger partial charge in [0.2, 0.25) is 0 Å². The smallest absolute Gasteiger partial charge is 0.396 e. The molecule has 1 amide bonds. The van der Waals surface area contributed by atoms with E-state index in [1.807, 2.05) is 0 Å². The molecule has 0 heterocycles. The Hall–Kier alpha value is -0.390. The van der Waals surface area contributed by atoms with Crippen LogP contribution in [0.5, 0.6) is 0 Å². The van der Waals surface area contributed by atoms with E-state index in [1.54, 1.807) is 12.4 Å². The van der Waals surface area contributed by atoms with Crippen LogP contribution in [0.15, 0.2) is 0 Å². The van der Waals surface area contributed by atoms with E-state index in [-0.39, 0.29) is 6.42 Å². The molecule has 0 spiro atoms. The maximum Gasteiger partial charge on any atom is 0.444 e. The summed E-state index contributed by atoms with van der Waals surface area (Å²) >= 11 is 15.3. The summed E-state index contributed by atoms with van der Waals surface area (Å²) in [7, 11) is 0. The molecule has 0 aliphatic carbocycles. The van der Waals surface area contributed by atoms with Gasteiger partial charge in [-0.1, -0.05) is 6.92 Å². The van der Waals surface area contributed by atoms with Crippen LogP contribution in [0.4, 0.5) is 4.79 Å². The van der Waals surface area contributed by atoms with E-state index in [9.17, 15) is 9.59 Å². The van der Waals surface area contributed by atoms with Crippen LogP contribution < -0.4 is 5.48 Å². The van der Waals surface area contributed by atoms with E-state index in [2.05, 4.69) is 9.57 Å². The predicted molar refractivity (Wildman–Crippen MR) is 46.3 cm³/mol. The number of nitrogens with one attached hydrogen (secondary N) is 1. The van der Waals surface area contributed by atoms with Gasteiger partial charge >= 0.3 is 16.0 Å². The maximum absolute atomic E-state index is 10.6. The normalized spacial score (nSPS) is 10.5. The lowest BCUT2D eigenvalue weighted by molar-refractivity contribution is -0.149. The highest BCUT2D eigenvalue weighted by molar-refractivity contribution is 6.66. The van der Waals surface area contributed by atoms with Gasteiger partial charge in [-0.2, -0.15) is 0 Å². The van der Waals surface area contributed by atoms with Gasteiger partial charge in [0.15, 0.2) is 0 Å². The molecule has 5 nitrogen and oxygen atoms in total. The molecule has 0 unspecified atom stereocenters. The molecule has 0 fully saturated rings. The van der Waals surface area contributed by atoms with Gasteiger partial charge in [0, 0.05) is 6.42 Å². The summed E-state index contributed by atoms with van der Waals surface area (Å²) < 4.78 is 1.92. The third-order valence-electron chi connectivity index (χ3n) is 0.745. The third kappa shape index (κ3) is 7.95. The molecule has 76 valence electrons. The molecule has 0 saturated heterocycles. The fourth-order valence-electron chi connectivity index (χ4n) is 0.297. The zero-order chi connectivity index (χ0) is 10.5. The zero-order valence-corrected chi connectivity index (χ0v) is 8.74. The number of hydrogen-bond donors (Lipinski definition) is 1. The number of halogens is 3. The van der Waals surface area contributed by atoms with Crippen LogP contribution in [0.1, 0.15) is 13.3 Å². The van der Waals surface area contributed by atoms with Gasteiger partial charge in [0.1, 0.15) is 0 Å². The van der Waals surface area contributed by atoms with Crippen molar-refractivity contribution in [3.63, 3.8) is 0 Å². The first kappa shape index (κ1) is 12.6. The van der Waals surface area contributed by atoms with Crippen LogP contribution in [0.25, 0.3) is 0 Å². The fraction of sp³-hybridized carbons (Fsp3) is 0.600. The summed E-state index contributed by atoms with van der Waals surface area (Å²) in [5, 5.41) is 0. The van der Waals surface area contributed by atoms with Crippen molar-refractivity contribution >= 4 is 46.9 Å². The van der Waals surface area contributed by atoms with Crippen LogP contribution in [0, 0.1) is 0 Å². The number of carbonyl (C=O) groups excluding carboxylic acids is 2. The number of hydroxylamine groups is 1. The Balaban J connectivity index is 3.71. The van der Waals surface area contributed by atoms with Crippen LogP contribution in [-0.2, 0) is 14.4 Å². The highest BCUT2D eigenvalue weighted by atomic mass is 35.6. The maximum atomic E-state index is 10.6. The summed E-state index contributed by atoms with van der Waals surface area (Å²) in [4.78, 5) is 25.3. The average molecular weight is 250 g/mol. The molecule has 0 aliphatic heterocycles. The second kappa shape index (κ2) is 5.36. The third-order valence-corrected chi connectivity index (χ3v) is 0.977. The molecule has 0 aromatic carbocycles. The lowest BCUT2D eigenvalue weighted by Gasteiger charge is -2.11. The van der Waals surface area contributed by atoms with Crippen molar-refractivity contribution in [3.05, 3.63) is 0 Å². The molecule has 0 saturated carbocycles. The number of alkyl halides is 3. The number of rotatable bonds is 1.